The van der Waals surface area contributed by atoms with Crippen LogP contribution < -0.4 is 0 Å². The van der Waals surface area contributed by atoms with E-state index in [9.17, 15) is 4.79 Å². The van der Waals surface area contributed by atoms with Crippen LogP contribution in [0, 0.1) is 0 Å². The molecule has 108 valence electrons. The van der Waals surface area contributed by atoms with Crippen LogP contribution in [0.3, 0.4) is 0 Å². The van der Waals surface area contributed by atoms with E-state index in [4.69, 9.17) is 9.47 Å². The van der Waals surface area contributed by atoms with E-state index < -0.39 is 0 Å². The van der Waals surface area contributed by atoms with Crippen molar-refractivity contribution in [3.8, 4) is 11.1 Å². The summed E-state index contributed by atoms with van der Waals surface area (Å²) in [5.41, 5.74) is 4.79. The lowest BCUT2D eigenvalue weighted by molar-refractivity contribution is -0.149. The fourth-order valence-electron chi connectivity index (χ4n) is 2.84. The van der Waals surface area contributed by atoms with E-state index in [0.29, 0.717) is 6.61 Å². The highest BCUT2D eigenvalue weighted by molar-refractivity contribution is 5.78. The standard InChI is InChI=1S/C18H18O3/c1-12(21-13(2)19)11-20-18-16-9-5-3-7-14(16)15-8-4-6-10-17(15)18/h3-10,12,18H,11H2,1-2H3/t12-/m1/s1. The van der Waals surface area contributed by atoms with Gasteiger partial charge in [0.15, 0.2) is 0 Å². The normalized spacial score (nSPS) is 14.4. The molecule has 0 heterocycles. The van der Waals surface area contributed by atoms with E-state index in [2.05, 4.69) is 24.3 Å². The van der Waals surface area contributed by atoms with E-state index in [0.717, 1.165) is 0 Å². The van der Waals surface area contributed by atoms with Gasteiger partial charge in [-0.05, 0) is 29.2 Å². The number of ether oxygens (including phenoxy) is 2. The monoisotopic (exact) mass is 282 g/mol. The molecule has 3 heteroatoms. The fraction of sp³-hybridized carbons (Fsp3) is 0.278. The predicted octanol–water partition coefficient (Wildman–Crippen LogP) is 3.72. The molecule has 0 N–H and O–H groups in total. The summed E-state index contributed by atoms with van der Waals surface area (Å²) >= 11 is 0. The van der Waals surface area contributed by atoms with Crippen molar-refractivity contribution in [2.24, 2.45) is 0 Å². The molecular formula is C18H18O3. The maximum absolute atomic E-state index is 11.0. The van der Waals surface area contributed by atoms with E-state index >= 15 is 0 Å². The van der Waals surface area contributed by atoms with Crippen molar-refractivity contribution in [2.75, 3.05) is 6.61 Å². The number of rotatable bonds is 4. The molecule has 21 heavy (non-hydrogen) atoms. The van der Waals surface area contributed by atoms with Crippen LogP contribution in [-0.2, 0) is 14.3 Å². The number of carbonyl (C=O) groups excluding carboxylic acids is 1. The third-order valence-corrected chi connectivity index (χ3v) is 3.64. The Morgan fingerprint density at radius 3 is 2.10 bits per heavy atom. The van der Waals surface area contributed by atoms with Crippen molar-refractivity contribution in [1.82, 2.24) is 0 Å². The molecule has 0 aromatic heterocycles. The van der Waals surface area contributed by atoms with Crippen molar-refractivity contribution in [2.45, 2.75) is 26.1 Å². The molecule has 0 aliphatic heterocycles. The molecule has 2 aromatic rings. The molecule has 1 aliphatic carbocycles. The van der Waals surface area contributed by atoms with Gasteiger partial charge in [-0.15, -0.1) is 0 Å². The van der Waals surface area contributed by atoms with Gasteiger partial charge < -0.3 is 9.47 Å². The Balaban J connectivity index is 1.84. The van der Waals surface area contributed by atoms with Gasteiger partial charge in [0.1, 0.15) is 12.2 Å². The summed E-state index contributed by atoms with van der Waals surface area (Å²) < 4.78 is 11.2. The second-order valence-corrected chi connectivity index (χ2v) is 5.31. The van der Waals surface area contributed by atoms with Gasteiger partial charge in [0, 0.05) is 6.92 Å². The van der Waals surface area contributed by atoms with E-state index in [1.165, 1.54) is 29.2 Å². The van der Waals surface area contributed by atoms with Gasteiger partial charge in [0.2, 0.25) is 0 Å². The Bertz CT molecular complexity index is 618. The first-order valence-corrected chi connectivity index (χ1v) is 7.14. The molecule has 0 amide bonds. The van der Waals surface area contributed by atoms with Crippen molar-refractivity contribution in [3.05, 3.63) is 59.7 Å². The summed E-state index contributed by atoms with van der Waals surface area (Å²) in [5, 5.41) is 0. The topological polar surface area (TPSA) is 35.5 Å². The highest BCUT2D eigenvalue weighted by atomic mass is 16.6. The zero-order valence-corrected chi connectivity index (χ0v) is 12.2. The van der Waals surface area contributed by atoms with Gasteiger partial charge in [0.25, 0.3) is 0 Å². The van der Waals surface area contributed by atoms with Gasteiger partial charge in [0.05, 0.1) is 6.61 Å². The van der Waals surface area contributed by atoms with Gasteiger partial charge in [-0.2, -0.15) is 0 Å². The first-order chi connectivity index (χ1) is 10.2. The largest absolute Gasteiger partial charge is 0.460 e. The Hall–Kier alpha value is -2.13. The Labute approximate surface area is 124 Å². The smallest absolute Gasteiger partial charge is 0.302 e. The van der Waals surface area contributed by atoms with Crippen LogP contribution in [0.4, 0.5) is 0 Å². The Morgan fingerprint density at radius 1 is 1.05 bits per heavy atom. The van der Waals surface area contributed by atoms with Crippen LogP contribution in [-0.4, -0.2) is 18.7 Å². The van der Waals surface area contributed by atoms with Gasteiger partial charge in [-0.25, -0.2) is 0 Å². The van der Waals surface area contributed by atoms with E-state index in [-0.39, 0.29) is 18.2 Å². The first-order valence-electron chi connectivity index (χ1n) is 7.14. The summed E-state index contributed by atoms with van der Waals surface area (Å²) in [6, 6.07) is 16.6. The van der Waals surface area contributed by atoms with Crippen LogP contribution in [0.25, 0.3) is 11.1 Å². The highest BCUT2D eigenvalue weighted by Gasteiger charge is 2.29. The minimum absolute atomic E-state index is 0.0876. The van der Waals surface area contributed by atoms with Gasteiger partial charge >= 0.3 is 5.97 Å². The van der Waals surface area contributed by atoms with Crippen molar-refractivity contribution >= 4 is 5.97 Å². The molecule has 3 rings (SSSR count). The minimum Gasteiger partial charge on any atom is -0.460 e. The molecule has 0 saturated carbocycles. The summed E-state index contributed by atoms with van der Waals surface area (Å²) in [7, 11) is 0. The molecule has 0 bridgehead atoms. The zero-order chi connectivity index (χ0) is 14.8. The number of fused-ring (bicyclic) bond motifs is 3. The summed E-state index contributed by atoms with van der Waals surface area (Å²) in [6.45, 7) is 3.64. The Morgan fingerprint density at radius 2 is 1.57 bits per heavy atom. The highest BCUT2D eigenvalue weighted by Crippen LogP contribution is 2.44. The SMILES string of the molecule is CC(=O)O[C@H](C)COC1c2ccccc2-c2ccccc21. The average molecular weight is 282 g/mol. The quantitative estimate of drug-likeness (QED) is 0.802. The molecule has 0 radical (unpaired) electrons. The van der Waals surface area contributed by atoms with Crippen LogP contribution in [0.15, 0.2) is 48.5 Å². The molecule has 0 fully saturated rings. The molecule has 0 spiro atoms. The number of hydrogen-bond donors (Lipinski definition) is 0. The number of carbonyl (C=O) groups is 1. The maximum Gasteiger partial charge on any atom is 0.302 e. The molecule has 0 saturated heterocycles. The van der Waals surface area contributed by atoms with Crippen molar-refractivity contribution in [3.63, 3.8) is 0 Å². The third-order valence-electron chi connectivity index (χ3n) is 3.64. The molecule has 1 aliphatic rings. The first kappa shape index (κ1) is 13.8. The van der Waals surface area contributed by atoms with Crippen molar-refractivity contribution < 1.29 is 14.3 Å². The van der Waals surface area contributed by atoms with Gasteiger partial charge in [-0.3, -0.25) is 4.79 Å². The van der Waals surface area contributed by atoms with E-state index in [1.807, 2.05) is 31.2 Å². The van der Waals surface area contributed by atoms with Crippen LogP contribution in [0.5, 0.6) is 0 Å². The summed E-state index contributed by atoms with van der Waals surface area (Å²) in [6.07, 6.45) is -0.335. The summed E-state index contributed by atoms with van der Waals surface area (Å²) in [5.74, 6) is -0.279. The van der Waals surface area contributed by atoms with Crippen LogP contribution >= 0.6 is 0 Å². The maximum atomic E-state index is 11.0. The number of hydrogen-bond acceptors (Lipinski definition) is 3. The second-order valence-electron chi connectivity index (χ2n) is 5.31. The van der Waals surface area contributed by atoms with Crippen LogP contribution in [0.1, 0.15) is 31.1 Å². The Kier molecular flexibility index (Phi) is 3.76. The van der Waals surface area contributed by atoms with E-state index in [1.54, 1.807) is 0 Å². The van der Waals surface area contributed by atoms with Crippen molar-refractivity contribution in [1.29, 1.82) is 0 Å². The minimum atomic E-state index is -0.279. The summed E-state index contributed by atoms with van der Waals surface area (Å²) in [4.78, 5) is 11.0. The second kappa shape index (κ2) is 5.70. The van der Waals surface area contributed by atoms with Gasteiger partial charge in [-0.1, -0.05) is 48.5 Å². The number of benzene rings is 2. The molecule has 1 atom stereocenters. The average Bonchev–Trinajstić information content (AvgIpc) is 2.79. The third kappa shape index (κ3) is 2.69. The molecular weight excluding hydrogens is 264 g/mol. The fourth-order valence-corrected chi connectivity index (χ4v) is 2.84. The lowest BCUT2D eigenvalue weighted by atomic mass is 10.1. The lowest BCUT2D eigenvalue weighted by Gasteiger charge is -2.18. The predicted molar refractivity (Wildman–Crippen MR) is 80.9 cm³/mol. The zero-order valence-electron chi connectivity index (χ0n) is 12.2. The lowest BCUT2D eigenvalue weighted by Crippen LogP contribution is -2.20. The molecule has 3 nitrogen and oxygen atoms in total. The molecule has 0 unspecified atom stereocenters. The number of esters is 1. The molecule has 2 aromatic carbocycles. The van der Waals surface area contributed by atoms with Crippen LogP contribution in [0.2, 0.25) is 0 Å².